The van der Waals surface area contributed by atoms with Crippen molar-refractivity contribution in [1.82, 2.24) is 0 Å². The van der Waals surface area contributed by atoms with Crippen LogP contribution in [0, 0.1) is 0 Å². The van der Waals surface area contributed by atoms with Gasteiger partial charge in [-0.2, -0.15) is 0 Å². The molecule has 0 fully saturated rings. The van der Waals surface area contributed by atoms with Crippen molar-refractivity contribution in [3.8, 4) is 11.5 Å². The van der Waals surface area contributed by atoms with Gasteiger partial charge < -0.3 is 15.2 Å². The first-order chi connectivity index (χ1) is 9.79. The first kappa shape index (κ1) is 13.0. The topological polar surface area (TPSA) is 44.5 Å². The fraction of sp³-hybridized carbons (Fsp3) is 0.294. The second-order valence-corrected chi connectivity index (χ2v) is 4.92. The molecule has 0 bridgehead atoms. The van der Waals surface area contributed by atoms with Crippen LogP contribution in [0.4, 0.5) is 0 Å². The highest BCUT2D eigenvalue weighted by atomic mass is 16.5. The van der Waals surface area contributed by atoms with Gasteiger partial charge in [0.1, 0.15) is 11.5 Å². The van der Waals surface area contributed by atoms with Crippen molar-refractivity contribution in [1.29, 1.82) is 0 Å². The van der Waals surface area contributed by atoms with Crippen LogP contribution in [0.2, 0.25) is 0 Å². The Kier molecular flexibility index (Phi) is 3.61. The Labute approximate surface area is 119 Å². The van der Waals surface area contributed by atoms with Crippen molar-refractivity contribution in [2.45, 2.75) is 19.4 Å². The van der Waals surface area contributed by atoms with E-state index in [4.69, 9.17) is 15.2 Å². The van der Waals surface area contributed by atoms with Gasteiger partial charge in [-0.1, -0.05) is 30.3 Å². The van der Waals surface area contributed by atoms with E-state index in [0.29, 0.717) is 6.61 Å². The van der Waals surface area contributed by atoms with Crippen molar-refractivity contribution in [3.63, 3.8) is 0 Å². The molecule has 0 amide bonds. The third kappa shape index (κ3) is 2.37. The number of para-hydroxylation sites is 1. The molecule has 2 aromatic carbocycles. The van der Waals surface area contributed by atoms with Crippen molar-refractivity contribution in [3.05, 3.63) is 59.2 Å². The highest BCUT2D eigenvalue weighted by Gasteiger charge is 2.21. The van der Waals surface area contributed by atoms with Gasteiger partial charge in [-0.15, -0.1) is 0 Å². The molecule has 1 heterocycles. The van der Waals surface area contributed by atoms with E-state index in [0.717, 1.165) is 35.7 Å². The van der Waals surface area contributed by atoms with E-state index in [1.54, 1.807) is 0 Å². The molecular weight excluding hydrogens is 250 g/mol. The average molecular weight is 269 g/mol. The predicted molar refractivity (Wildman–Crippen MR) is 79.3 cm³/mol. The molecule has 3 nitrogen and oxygen atoms in total. The Morgan fingerprint density at radius 3 is 2.95 bits per heavy atom. The monoisotopic (exact) mass is 269 g/mol. The minimum absolute atomic E-state index is 0.191. The lowest BCUT2D eigenvalue weighted by Crippen LogP contribution is -2.13. The maximum absolute atomic E-state index is 6.42. The zero-order valence-electron chi connectivity index (χ0n) is 11.6. The highest BCUT2D eigenvalue weighted by Crippen LogP contribution is 2.35. The summed E-state index contributed by atoms with van der Waals surface area (Å²) in [5.74, 6) is 1.82. The molecule has 2 aromatic rings. The minimum atomic E-state index is -0.191. The summed E-state index contributed by atoms with van der Waals surface area (Å²) in [5, 5.41) is 0. The van der Waals surface area contributed by atoms with Crippen LogP contribution in [-0.4, -0.2) is 13.2 Å². The summed E-state index contributed by atoms with van der Waals surface area (Å²) in [6, 6.07) is 14.0. The van der Waals surface area contributed by atoms with Crippen LogP contribution < -0.4 is 15.2 Å². The van der Waals surface area contributed by atoms with E-state index in [9.17, 15) is 0 Å². The average Bonchev–Trinajstić information content (AvgIpc) is 2.95. The van der Waals surface area contributed by atoms with Crippen LogP contribution in [0.25, 0.3) is 0 Å². The molecule has 20 heavy (non-hydrogen) atoms. The summed E-state index contributed by atoms with van der Waals surface area (Å²) < 4.78 is 11.3. The maximum Gasteiger partial charge on any atom is 0.127 e. The number of hydrogen-bond donors (Lipinski definition) is 1. The van der Waals surface area contributed by atoms with Gasteiger partial charge in [0, 0.05) is 12.0 Å². The lowest BCUT2D eigenvalue weighted by molar-refractivity contribution is 0.339. The van der Waals surface area contributed by atoms with Gasteiger partial charge in [-0.3, -0.25) is 0 Å². The van der Waals surface area contributed by atoms with Crippen LogP contribution in [0.1, 0.15) is 29.7 Å². The van der Waals surface area contributed by atoms with Crippen LogP contribution in [0.15, 0.2) is 42.5 Å². The van der Waals surface area contributed by atoms with Gasteiger partial charge in [0.25, 0.3) is 0 Å². The molecule has 0 radical (unpaired) electrons. The predicted octanol–water partition coefficient (Wildman–Crippen LogP) is 3.07. The smallest absolute Gasteiger partial charge is 0.127 e. The SMILES string of the molecule is CCOc1cccc(C(N)c2cccc3c2OCC3)c1. The van der Waals surface area contributed by atoms with Crippen molar-refractivity contribution < 1.29 is 9.47 Å². The number of rotatable bonds is 4. The van der Waals surface area contributed by atoms with Crippen LogP contribution in [0.5, 0.6) is 11.5 Å². The van der Waals surface area contributed by atoms with E-state index in [-0.39, 0.29) is 6.04 Å². The van der Waals surface area contributed by atoms with E-state index in [1.807, 2.05) is 37.3 Å². The van der Waals surface area contributed by atoms with Crippen molar-refractivity contribution >= 4 is 0 Å². The number of ether oxygens (including phenoxy) is 2. The third-order valence-electron chi connectivity index (χ3n) is 3.61. The molecule has 0 saturated carbocycles. The van der Waals surface area contributed by atoms with E-state index in [2.05, 4.69) is 12.1 Å². The quantitative estimate of drug-likeness (QED) is 0.927. The van der Waals surface area contributed by atoms with Crippen molar-refractivity contribution in [2.24, 2.45) is 5.73 Å². The molecule has 0 aromatic heterocycles. The summed E-state index contributed by atoms with van der Waals surface area (Å²) >= 11 is 0. The molecule has 1 aliphatic rings. The second-order valence-electron chi connectivity index (χ2n) is 4.92. The van der Waals surface area contributed by atoms with Crippen molar-refractivity contribution in [2.75, 3.05) is 13.2 Å². The Balaban J connectivity index is 1.95. The van der Waals surface area contributed by atoms with Gasteiger partial charge in [-0.05, 0) is 30.2 Å². The van der Waals surface area contributed by atoms with E-state index < -0.39 is 0 Å². The summed E-state index contributed by atoms with van der Waals surface area (Å²) in [6.45, 7) is 3.38. The van der Waals surface area contributed by atoms with E-state index >= 15 is 0 Å². The molecule has 0 aliphatic carbocycles. The molecule has 0 saturated heterocycles. The summed E-state index contributed by atoms with van der Waals surface area (Å²) in [6.07, 6.45) is 0.967. The molecule has 1 atom stereocenters. The molecule has 1 unspecified atom stereocenters. The lowest BCUT2D eigenvalue weighted by Gasteiger charge is -2.16. The van der Waals surface area contributed by atoms with Gasteiger partial charge in [0.05, 0.1) is 19.3 Å². The van der Waals surface area contributed by atoms with E-state index in [1.165, 1.54) is 5.56 Å². The molecule has 1 aliphatic heterocycles. The Bertz CT molecular complexity index is 610. The first-order valence-corrected chi connectivity index (χ1v) is 7.02. The zero-order valence-corrected chi connectivity index (χ0v) is 11.6. The lowest BCUT2D eigenvalue weighted by atomic mass is 9.96. The second kappa shape index (κ2) is 5.55. The molecule has 3 heteroatoms. The van der Waals surface area contributed by atoms with Gasteiger partial charge >= 0.3 is 0 Å². The molecular formula is C17H19NO2. The van der Waals surface area contributed by atoms with Crippen LogP contribution in [-0.2, 0) is 6.42 Å². The Morgan fingerprint density at radius 2 is 2.10 bits per heavy atom. The molecule has 104 valence electrons. The third-order valence-corrected chi connectivity index (χ3v) is 3.61. The van der Waals surface area contributed by atoms with Gasteiger partial charge in [0.15, 0.2) is 0 Å². The standard InChI is InChI=1S/C17H19NO2/c1-2-19-14-7-3-6-13(11-14)16(18)15-8-4-5-12-9-10-20-17(12)15/h3-8,11,16H,2,9-10,18H2,1H3. The maximum atomic E-state index is 6.42. The van der Waals surface area contributed by atoms with Crippen LogP contribution in [0.3, 0.4) is 0 Å². The number of nitrogens with two attached hydrogens (primary N) is 1. The largest absolute Gasteiger partial charge is 0.494 e. The molecule has 2 N–H and O–H groups in total. The minimum Gasteiger partial charge on any atom is -0.494 e. The fourth-order valence-electron chi connectivity index (χ4n) is 2.63. The van der Waals surface area contributed by atoms with Crippen LogP contribution >= 0.6 is 0 Å². The summed E-state index contributed by atoms with van der Waals surface area (Å²) in [7, 11) is 0. The molecule has 0 spiro atoms. The number of benzene rings is 2. The Hall–Kier alpha value is -2.00. The highest BCUT2D eigenvalue weighted by molar-refractivity contribution is 5.49. The fourth-order valence-corrected chi connectivity index (χ4v) is 2.63. The summed E-state index contributed by atoms with van der Waals surface area (Å²) in [4.78, 5) is 0. The molecule has 3 rings (SSSR count). The normalized spacial score (nSPS) is 14.5. The number of hydrogen-bond acceptors (Lipinski definition) is 3. The Morgan fingerprint density at radius 1 is 1.25 bits per heavy atom. The first-order valence-electron chi connectivity index (χ1n) is 7.02. The summed E-state index contributed by atoms with van der Waals surface area (Å²) in [5.41, 5.74) is 9.76. The zero-order chi connectivity index (χ0) is 13.9. The van der Waals surface area contributed by atoms with Gasteiger partial charge in [0.2, 0.25) is 0 Å². The van der Waals surface area contributed by atoms with Gasteiger partial charge in [-0.25, -0.2) is 0 Å². The number of fused-ring (bicyclic) bond motifs is 1.